The first kappa shape index (κ1) is 20.0. The second-order valence-electron chi connectivity index (χ2n) is 8.29. The van der Waals surface area contributed by atoms with Crippen molar-refractivity contribution in [2.75, 3.05) is 0 Å². The lowest BCUT2D eigenvalue weighted by Crippen LogP contribution is -2.40. The highest BCUT2D eigenvalue weighted by Crippen LogP contribution is 2.31. The van der Waals surface area contributed by atoms with E-state index in [1.54, 1.807) is 12.1 Å². The number of fused-ring (bicyclic) bond motifs is 1. The number of hydrogen-bond acceptors (Lipinski definition) is 5. The Morgan fingerprint density at radius 1 is 1.04 bits per heavy atom. The van der Waals surface area contributed by atoms with E-state index in [2.05, 4.69) is 35.7 Å². The van der Waals surface area contributed by atoms with Crippen molar-refractivity contribution in [1.29, 1.82) is 0 Å². The fourth-order valence-corrected chi connectivity index (χ4v) is 4.09. The number of rotatable bonds is 4. The largest absolute Gasteiger partial charge is 0.480 e. The quantitative estimate of drug-likeness (QED) is 0.691. The van der Waals surface area contributed by atoms with Crippen LogP contribution in [0.2, 0.25) is 0 Å². The molecule has 0 unspecified atom stereocenters. The zero-order valence-electron chi connectivity index (χ0n) is 16.4. The average Bonchev–Trinajstić information content (AvgIpc) is 3.04. The third-order valence-electron chi connectivity index (χ3n) is 4.80. The molecule has 148 valence electrons. The number of aliphatic carboxylic acids is 1. The van der Waals surface area contributed by atoms with Gasteiger partial charge in [0.15, 0.2) is 14.6 Å². The summed E-state index contributed by atoms with van der Waals surface area (Å²) in [5, 5.41) is 9.96. The molecule has 0 aliphatic carbocycles. The Hall–Kier alpha value is -2.74. The van der Waals surface area contributed by atoms with Gasteiger partial charge in [0.25, 0.3) is 0 Å². The molecule has 0 saturated carbocycles. The maximum absolute atomic E-state index is 12.8. The van der Waals surface area contributed by atoms with E-state index in [9.17, 15) is 18.3 Å². The van der Waals surface area contributed by atoms with Crippen LogP contribution in [0.1, 0.15) is 40.3 Å². The molecule has 0 amide bonds. The van der Waals surface area contributed by atoms with E-state index >= 15 is 0 Å². The smallest absolute Gasteiger partial charge is 0.324 e. The number of aromatic amines is 1. The third kappa shape index (κ3) is 3.28. The van der Waals surface area contributed by atoms with E-state index in [4.69, 9.17) is 0 Å². The van der Waals surface area contributed by atoms with Crippen molar-refractivity contribution in [3.63, 3.8) is 0 Å². The number of carbonyl (C=O) groups is 1. The molecular formula is C20H23N3O4S. The molecule has 0 fully saturated rings. The van der Waals surface area contributed by atoms with Crippen LogP contribution in [0.4, 0.5) is 0 Å². The van der Waals surface area contributed by atoms with Crippen LogP contribution in [0.5, 0.6) is 0 Å². The molecule has 1 aromatic carbocycles. The number of sulfone groups is 1. The molecule has 0 atom stereocenters. The lowest BCUT2D eigenvalue weighted by molar-refractivity contribution is -0.139. The number of carboxylic acids is 1. The van der Waals surface area contributed by atoms with E-state index in [0.717, 1.165) is 16.9 Å². The van der Waals surface area contributed by atoms with Gasteiger partial charge >= 0.3 is 5.97 Å². The Morgan fingerprint density at radius 2 is 1.71 bits per heavy atom. The van der Waals surface area contributed by atoms with Gasteiger partial charge in [-0.25, -0.2) is 18.4 Å². The summed E-state index contributed by atoms with van der Waals surface area (Å²) in [6, 6.07) is 8.24. The molecule has 7 nitrogen and oxygen atoms in total. The molecule has 8 heteroatoms. The van der Waals surface area contributed by atoms with Crippen LogP contribution in [-0.2, 0) is 20.0 Å². The van der Waals surface area contributed by atoms with Gasteiger partial charge in [0.1, 0.15) is 6.33 Å². The molecule has 0 radical (unpaired) electrons. The van der Waals surface area contributed by atoms with Crippen molar-refractivity contribution in [1.82, 2.24) is 15.0 Å². The average molecular weight is 401 g/mol. The Labute approximate surface area is 163 Å². The van der Waals surface area contributed by atoms with Crippen LogP contribution in [0.15, 0.2) is 41.6 Å². The molecule has 0 aliphatic heterocycles. The van der Waals surface area contributed by atoms with Crippen LogP contribution in [0, 0.1) is 0 Å². The number of hydrogen-bond donors (Lipinski definition) is 2. The standard InChI is InChI=1S/C20H23N3O4S/c1-19(2,3)17-10-15(21-11-22-17)16-9-12-8-13(6-7-14(12)23-16)28(26,27)20(4,5)18(24)25/h6-11,23H,1-5H3,(H,24,25). The number of H-pyrrole nitrogens is 1. The minimum atomic E-state index is -4.05. The lowest BCUT2D eigenvalue weighted by atomic mass is 9.91. The molecule has 3 rings (SSSR count). The summed E-state index contributed by atoms with van der Waals surface area (Å²) >= 11 is 0. The Balaban J connectivity index is 2.09. The van der Waals surface area contributed by atoms with E-state index in [-0.39, 0.29) is 10.3 Å². The highest BCUT2D eigenvalue weighted by molar-refractivity contribution is 7.93. The zero-order chi connectivity index (χ0) is 20.9. The molecule has 0 saturated heterocycles. The van der Waals surface area contributed by atoms with Gasteiger partial charge in [-0.05, 0) is 44.2 Å². The molecular weight excluding hydrogens is 378 g/mol. The van der Waals surface area contributed by atoms with E-state index in [1.807, 2.05) is 6.07 Å². The molecule has 3 aromatic rings. The summed E-state index contributed by atoms with van der Waals surface area (Å²) < 4.78 is 23.6. The van der Waals surface area contributed by atoms with Crippen molar-refractivity contribution < 1.29 is 18.3 Å². The van der Waals surface area contributed by atoms with E-state index in [0.29, 0.717) is 11.1 Å². The molecule has 0 spiro atoms. The van der Waals surface area contributed by atoms with Crippen molar-refractivity contribution >= 4 is 26.7 Å². The third-order valence-corrected chi connectivity index (χ3v) is 7.19. The number of carboxylic acid groups (broad SMARTS) is 1. The second kappa shape index (κ2) is 6.41. The van der Waals surface area contributed by atoms with E-state index in [1.165, 1.54) is 32.3 Å². The van der Waals surface area contributed by atoms with Crippen LogP contribution in [-0.4, -0.2) is 39.2 Å². The van der Waals surface area contributed by atoms with Crippen molar-refractivity contribution in [2.24, 2.45) is 0 Å². The number of nitrogens with one attached hydrogen (secondary N) is 1. The first-order valence-corrected chi connectivity index (χ1v) is 10.3. The summed E-state index contributed by atoms with van der Waals surface area (Å²) in [6.45, 7) is 8.56. The maximum atomic E-state index is 12.8. The summed E-state index contributed by atoms with van der Waals surface area (Å²) in [4.78, 5) is 23.2. The minimum absolute atomic E-state index is 0.0315. The second-order valence-corrected chi connectivity index (χ2v) is 10.8. The van der Waals surface area contributed by atoms with Gasteiger partial charge in [0.2, 0.25) is 0 Å². The van der Waals surface area contributed by atoms with Crippen LogP contribution < -0.4 is 0 Å². The molecule has 28 heavy (non-hydrogen) atoms. The fourth-order valence-electron chi connectivity index (χ4n) is 2.74. The molecule has 2 heterocycles. The molecule has 2 aromatic heterocycles. The maximum Gasteiger partial charge on any atom is 0.324 e. The minimum Gasteiger partial charge on any atom is -0.480 e. The van der Waals surface area contributed by atoms with Gasteiger partial charge in [-0.1, -0.05) is 20.8 Å². The number of benzene rings is 1. The molecule has 0 bridgehead atoms. The van der Waals surface area contributed by atoms with Crippen LogP contribution in [0.25, 0.3) is 22.3 Å². The predicted molar refractivity (Wildman–Crippen MR) is 107 cm³/mol. The predicted octanol–water partition coefficient (Wildman–Crippen LogP) is 3.56. The summed E-state index contributed by atoms with van der Waals surface area (Å²) in [5.74, 6) is -1.39. The van der Waals surface area contributed by atoms with Crippen molar-refractivity contribution in [2.45, 2.75) is 49.7 Å². The monoisotopic (exact) mass is 401 g/mol. The zero-order valence-corrected chi connectivity index (χ0v) is 17.3. The Morgan fingerprint density at radius 3 is 2.32 bits per heavy atom. The van der Waals surface area contributed by atoms with Gasteiger partial charge in [0, 0.05) is 22.0 Å². The fraction of sp³-hybridized carbons (Fsp3) is 0.350. The molecule has 2 N–H and O–H groups in total. The van der Waals surface area contributed by atoms with E-state index < -0.39 is 20.6 Å². The first-order valence-electron chi connectivity index (χ1n) is 8.78. The van der Waals surface area contributed by atoms with Crippen LogP contribution >= 0.6 is 0 Å². The Bertz CT molecular complexity index is 1170. The van der Waals surface area contributed by atoms with Gasteiger partial charge in [-0.3, -0.25) is 4.79 Å². The highest BCUT2D eigenvalue weighted by Gasteiger charge is 2.43. The van der Waals surface area contributed by atoms with Crippen molar-refractivity contribution in [3.8, 4) is 11.4 Å². The van der Waals surface area contributed by atoms with Gasteiger partial charge in [-0.2, -0.15) is 0 Å². The first-order chi connectivity index (χ1) is 12.8. The van der Waals surface area contributed by atoms with Crippen LogP contribution in [0.3, 0.4) is 0 Å². The normalized spacial score (nSPS) is 13.0. The molecule has 0 aliphatic rings. The number of aromatic nitrogens is 3. The summed E-state index contributed by atoms with van der Waals surface area (Å²) in [5.41, 5.74) is 2.93. The van der Waals surface area contributed by atoms with Crippen molar-refractivity contribution in [3.05, 3.63) is 42.4 Å². The highest BCUT2D eigenvalue weighted by atomic mass is 32.2. The topological polar surface area (TPSA) is 113 Å². The summed E-state index contributed by atoms with van der Waals surface area (Å²) in [6.07, 6.45) is 1.51. The lowest BCUT2D eigenvalue weighted by Gasteiger charge is -2.19. The Kier molecular flexibility index (Phi) is 4.58. The SMILES string of the molecule is CC(C)(C)c1cc(-c2cc3cc(S(=O)(=O)C(C)(C)C(=O)O)ccc3[nH]2)ncn1. The summed E-state index contributed by atoms with van der Waals surface area (Å²) in [7, 11) is -4.05. The van der Waals surface area contributed by atoms with Gasteiger partial charge in [0.05, 0.1) is 16.3 Å². The number of nitrogens with zero attached hydrogens (tertiary/aromatic N) is 2. The van der Waals surface area contributed by atoms with Gasteiger partial charge < -0.3 is 10.1 Å². The van der Waals surface area contributed by atoms with Gasteiger partial charge in [-0.15, -0.1) is 0 Å².